The lowest BCUT2D eigenvalue weighted by Crippen LogP contribution is -2.45. The first-order chi connectivity index (χ1) is 12.1. The maximum atomic E-state index is 13.2. The highest BCUT2D eigenvalue weighted by Crippen LogP contribution is 2.17. The Bertz CT molecular complexity index is 775. The zero-order chi connectivity index (χ0) is 17.8. The Morgan fingerprint density at radius 1 is 1.08 bits per heavy atom. The number of anilines is 2. The fourth-order valence-corrected chi connectivity index (χ4v) is 2.56. The van der Waals surface area contributed by atoms with Crippen molar-refractivity contribution in [2.45, 2.75) is 0 Å². The maximum Gasteiger partial charge on any atom is 0.274 e. The van der Waals surface area contributed by atoms with Crippen molar-refractivity contribution in [2.75, 3.05) is 36.4 Å². The first kappa shape index (κ1) is 16.8. The third-order valence-corrected chi connectivity index (χ3v) is 3.99. The molecular formula is C17H16F2N4O2. The van der Waals surface area contributed by atoms with Crippen LogP contribution < -0.4 is 10.2 Å². The van der Waals surface area contributed by atoms with E-state index in [0.717, 1.165) is 24.2 Å². The lowest BCUT2D eigenvalue weighted by molar-refractivity contribution is -0.118. The SMILES string of the molecule is O=CN1CCN(c2ccc(C(=O)Nc3ccc(F)c(F)c3)nc2)CC1. The standard InChI is InChI=1S/C17H16F2N4O2/c18-14-3-1-12(9-15(14)19)21-17(25)16-4-2-13(10-20-16)23-7-5-22(11-24)6-8-23/h1-4,9-11H,5-8H2,(H,21,25). The van der Waals surface area contributed by atoms with Crippen molar-refractivity contribution in [3.63, 3.8) is 0 Å². The monoisotopic (exact) mass is 346 g/mol. The first-order valence-corrected chi connectivity index (χ1v) is 7.73. The van der Waals surface area contributed by atoms with Gasteiger partial charge in [-0.05, 0) is 24.3 Å². The molecule has 2 amide bonds. The fourth-order valence-electron chi connectivity index (χ4n) is 2.56. The summed E-state index contributed by atoms with van der Waals surface area (Å²) in [5.41, 5.74) is 1.18. The van der Waals surface area contributed by atoms with Gasteiger partial charge in [0.2, 0.25) is 6.41 Å². The van der Waals surface area contributed by atoms with Gasteiger partial charge in [0.15, 0.2) is 11.6 Å². The number of halogens is 2. The van der Waals surface area contributed by atoms with E-state index in [1.807, 2.05) is 0 Å². The second-order valence-electron chi connectivity index (χ2n) is 5.61. The molecule has 1 N–H and O–H groups in total. The zero-order valence-corrected chi connectivity index (χ0v) is 13.3. The number of hydrogen-bond acceptors (Lipinski definition) is 4. The van der Waals surface area contributed by atoms with E-state index in [9.17, 15) is 18.4 Å². The molecule has 8 heteroatoms. The molecule has 1 aliphatic heterocycles. The van der Waals surface area contributed by atoms with Crippen molar-refractivity contribution >= 4 is 23.7 Å². The molecule has 0 spiro atoms. The minimum Gasteiger partial charge on any atom is -0.367 e. The molecule has 1 saturated heterocycles. The van der Waals surface area contributed by atoms with Crippen LogP contribution >= 0.6 is 0 Å². The summed E-state index contributed by atoms with van der Waals surface area (Å²) in [7, 11) is 0. The van der Waals surface area contributed by atoms with Crippen LogP contribution in [0.5, 0.6) is 0 Å². The molecule has 2 heterocycles. The topological polar surface area (TPSA) is 65.5 Å². The number of carbonyl (C=O) groups is 2. The predicted molar refractivity (Wildman–Crippen MR) is 88.4 cm³/mol. The molecule has 1 aromatic heterocycles. The summed E-state index contributed by atoms with van der Waals surface area (Å²) in [6, 6.07) is 6.46. The number of piperazine rings is 1. The highest BCUT2D eigenvalue weighted by molar-refractivity contribution is 6.02. The Hall–Kier alpha value is -3.03. The van der Waals surface area contributed by atoms with E-state index in [4.69, 9.17) is 0 Å². The van der Waals surface area contributed by atoms with Gasteiger partial charge in [0, 0.05) is 37.9 Å². The van der Waals surface area contributed by atoms with Gasteiger partial charge in [0.05, 0.1) is 11.9 Å². The van der Waals surface area contributed by atoms with Crippen LogP contribution in [0.3, 0.4) is 0 Å². The van der Waals surface area contributed by atoms with Crippen LogP contribution in [0.4, 0.5) is 20.2 Å². The van der Waals surface area contributed by atoms with Crippen LogP contribution in [0.1, 0.15) is 10.5 Å². The highest BCUT2D eigenvalue weighted by Gasteiger charge is 2.17. The molecule has 1 aliphatic rings. The van der Waals surface area contributed by atoms with Gasteiger partial charge < -0.3 is 15.1 Å². The molecule has 6 nitrogen and oxygen atoms in total. The van der Waals surface area contributed by atoms with E-state index >= 15 is 0 Å². The normalized spacial score (nSPS) is 14.3. The Morgan fingerprint density at radius 2 is 1.84 bits per heavy atom. The number of aromatic nitrogens is 1. The smallest absolute Gasteiger partial charge is 0.274 e. The molecule has 1 aromatic carbocycles. The molecule has 0 radical (unpaired) electrons. The lowest BCUT2D eigenvalue weighted by atomic mass is 10.2. The van der Waals surface area contributed by atoms with Gasteiger partial charge in [-0.2, -0.15) is 0 Å². The van der Waals surface area contributed by atoms with Crippen LogP contribution in [-0.2, 0) is 4.79 Å². The van der Waals surface area contributed by atoms with Crippen LogP contribution in [-0.4, -0.2) is 48.4 Å². The quantitative estimate of drug-likeness (QED) is 0.859. The summed E-state index contributed by atoms with van der Waals surface area (Å²) in [6.07, 6.45) is 2.41. The number of rotatable bonds is 4. The largest absolute Gasteiger partial charge is 0.367 e. The molecule has 0 unspecified atom stereocenters. The van der Waals surface area contributed by atoms with Gasteiger partial charge in [-0.15, -0.1) is 0 Å². The second-order valence-corrected chi connectivity index (χ2v) is 5.61. The Balaban J connectivity index is 1.64. The van der Waals surface area contributed by atoms with E-state index in [-0.39, 0.29) is 11.4 Å². The Morgan fingerprint density at radius 3 is 2.44 bits per heavy atom. The highest BCUT2D eigenvalue weighted by atomic mass is 19.2. The Kier molecular flexibility index (Phi) is 4.87. The lowest BCUT2D eigenvalue weighted by Gasteiger charge is -2.33. The molecular weight excluding hydrogens is 330 g/mol. The van der Waals surface area contributed by atoms with Crippen LogP contribution in [0, 0.1) is 11.6 Å². The molecule has 1 fully saturated rings. The molecule has 0 saturated carbocycles. The summed E-state index contributed by atoms with van der Waals surface area (Å²) in [5.74, 6) is -2.52. The van der Waals surface area contributed by atoms with Gasteiger partial charge in [-0.1, -0.05) is 0 Å². The van der Waals surface area contributed by atoms with E-state index in [2.05, 4.69) is 15.2 Å². The number of nitrogens with one attached hydrogen (secondary N) is 1. The molecule has 25 heavy (non-hydrogen) atoms. The minimum atomic E-state index is -1.03. The van der Waals surface area contributed by atoms with Crippen molar-refractivity contribution in [3.8, 4) is 0 Å². The van der Waals surface area contributed by atoms with Crippen LogP contribution in [0.15, 0.2) is 36.5 Å². The van der Waals surface area contributed by atoms with E-state index < -0.39 is 17.5 Å². The summed E-state index contributed by atoms with van der Waals surface area (Å²) in [6.45, 7) is 2.67. The van der Waals surface area contributed by atoms with Crippen LogP contribution in [0.2, 0.25) is 0 Å². The summed E-state index contributed by atoms with van der Waals surface area (Å²) < 4.78 is 26.1. The van der Waals surface area contributed by atoms with E-state index in [1.54, 1.807) is 23.2 Å². The van der Waals surface area contributed by atoms with Gasteiger partial charge in [-0.25, -0.2) is 13.8 Å². The molecule has 0 atom stereocenters. The third-order valence-electron chi connectivity index (χ3n) is 3.99. The molecule has 0 aliphatic carbocycles. The van der Waals surface area contributed by atoms with Gasteiger partial charge in [-0.3, -0.25) is 9.59 Å². The Labute approximate surface area is 143 Å². The predicted octanol–water partition coefficient (Wildman–Crippen LogP) is 1.89. The fraction of sp³-hybridized carbons (Fsp3) is 0.235. The average molecular weight is 346 g/mol. The summed E-state index contributed by atoms with van der Waals surface area (Å²) in [4.78, 5) is 30.7. The van der Waals surface area contributed by atoms with Crippen LogP contribution in [0.25, 0.3) is 0 Å². The van der Waals surface area contributed by atoms with Gasteiger partial charge in [0.25, 0.3) is 5.91 Å². The number of benzene rings is 1. The molecule has 3 rings (SSSR count). The zero-order valence-electron chi connectivity index (χ0n) is 13.3. The number of carbonyl (C=O) groups excluding carboxylic acids is 2. The van der Waals surface area contributed by atoms with E-state index in [1.165, 1.54) is 6.07 Å². The van der Waals surface area contributed by atoms with Crippen molar-refractivity contribution in [1.29, 1.82) is 0 Å². The van der Waals surface area contributed by atoms with Crippen molar-refractivity contribution < 1.29 is 18.4 Å². The van der Waals surface area contributed by atoms with Crippen molar-refractivity contribution in [3.05, 3.63) is 53.9 Å². The summed E-state index contributed by atoms with van der Waals surface area (Å²) in [5, 5.41) is 2.47. The average Bonchev–Trinajstić information content (AvgIpc) is 2.65. The third kappa shape index (κ3) is 3.90. The number of nitrogens with zero attached hydrogens (tertiary/aromatic N) is 3. The number of amides is 2. The van der Waals surface area contributed by atoms with Crippen molar-refractivity contribution in [1.82, 2.24) is 9.88 Å². The molecule has 130 valence electrons. The van der Waals surface area contributed by atoms with E-state index in [0.29, 0.717) is 26.2 Å². The van der Waals surface area contributed by atoms with Gasteiger partial charge >= 0.3 is 0 Å². The number of pyridine rings is 1. The number of hydrogen-bond donors (Lipinski definition) is 1. The summed E-state index contributed by atoms with van der Waals surface area (Å²) >= 11 is 0. The second kappa shape index (κ2) is 7.25. The first-order valence-electron chi connectivity index (χ1n) is 7.73. The van der Waals surface area contributed by atoms with Gasteiger partial charge in [0.1, 0.15) is 5.69 Å². The molecule has 0 bridgehead atoms. The minimum absolute atomic E-state index is 0.153. The maximum absolute atomic E-state index is 13.2. The molecule has 2 aromatic rings. The van der Waals surface area contributed by atoms with Crippen molar-refractivity contribution in [2.24, 2.45) is 0 Å².